The van der Waals surface area contributed by atoms with Crippen molar-refractivity contribution in [1.82, 2.24) is 0 Å². The van der Waals surface area contributed by atoms with Gasteiger partial charge in [0.1, 0.15) is 5.78 Å². The summed E-state index contributed by atoms with van der Waals surface area (Å²) in [7, 11) is 0. The van der Waals surface area contributed by atoms with Crippen LogP contribution in [-0.2, 0) is 4.79 Å². The molecule has 0 atom stereocenters. The molecule has 1 heteroatoms. The van der Waals surface area contributed by atoms with Crippen molar-refractivity contribution in [3.05, 3.63) is 58.7 Å². The van der Waals surface area contributed by atoms with Crippen LogP contribution < -0.4 is 0 Å². The molecule has 0 aliphatic heterocycles. The molecule has 0 spiro atoms. The summed E-state index contributed by atoms with van der Waals surface area (Å²) in [5, 5.41) is 0. The van der Waals surface area contributed by atoms with Crippen LogP contribution >= 0.6 is 0 Å². The van der Waals surface area contributed by atoms with Gasteiger partial charge >= 0.3 is 0 Å². The van der Waals surface area contributed by atoms with Gasteiger partial charge in [0, 0.05) is 12.8 Å². The zero-order valence-electron chi connectivity index (χ0n) is 26.3. The highest BCUT2D eigenvalue weighted by Gasteiger charge is 2.26. The van der Waals surface area contributed by atoms with Gasteiger partial charge in [-0.2, -0.15) is 0 Å². The zero-order valence-corrected chi connectivity index (χ0v) is 26.3. The number of ketones is 1. The standard InChI is InChI=1S/C37H62O/c1-7-8-9-10-11-12-13-14-15-16-17-18-19-20-26-35(38)29-27-32(2)23-21-24-33(3)28-30-36-34(4)25-22-31-37(36,5)6/h21,23-24,27-28,30H,7-20,22,25-26,29,31H2,1-6H3. The third-order valence-corrected chi connectivity index (χ3v) is 8.23. The monoisotopic (exact) mass is 522 g/mol. The molecule has 0 saturated heterocycles. The number of allylic oxidation sites excluding steroid dienone is 10. The van der Waals surface area contributed by atoms with Crippen molar-refractivity contribution in [1.29, 1.82) is 0 Å². The zero-order chi connectivity index (χ0) is 28.1. The summed E-state index contributed by atoms with van der Waals surface area (Å²) in [5.41, 5.74) is 5.75. The quantitative estimate of drug-likeness (QED) is 0.108. The first-order valence-corrected chi connectivity index (χ1v) is 16.2. The molecule has 38 heavy (non-hydrogen) atoms. The van der Waals surface area contributed by atoms with E-state index in [-0.39, 0.29) is 5.41 Å². The molecule has 1 aliphatic rings. The number of Topliss-reactive ketones (excluding diaryl/α,β-unsaturated/α-hetero) is 1. The van der Waals surface area contributed by atoms with Gasteiger partial charge in [0.2, 0.25) is 0 Å². The molecular formula is C37H62O. The van der Waals surface area contributed by atoms with E-state index in [1.807, 2.05) is 0 Å². The molecule has 216 valence electrons. The summed E-state index contributed by atoms with van der Waals surface area (Å²) in [6.45, 7) is 13.5. The fraction of sp³-hybridized carbons (Fsp3) is 0.703. The van der Waals surface area contributed by atoms with Crippen molar-refractivity contribution < 1.29 is 4.79 Å². The molecule has 0 unspecified atom stereocenters. The topological polar surface area (TPSA) is 17.1 Å². The molecule has 0 aromatic rings. The van der Waals surface area contributed by atoms with E-state index in [1.54, 1.807) is 5.57 Å². The van der Waals surface area contributed by atoms with Crippen LogP contribution in [0.5, 0.6) is 0 Å². The van der Waals surface area contributed by atoms with Crippen molar-refractivity contribution in [2.45, 2.75) is 164 Å². The summed E-state index contributed by atoms with van der Waals surface area (Å²) in [5.74, 6) is 0.380. The molecule has 0 saturated carbocycles. The predicted molar refractivity (Wildman–Crippen MR) is 171 cm³/mol. The Bertz CT molecular complexity index is 799. The molecule has 1 aliphatic carbocycles. The molecule has 0 amide bonds. The second-order valence-electron chi connectivity index (χ2n) is 12.6. The van der Waals surface area contributed by atoms with Crippen molar-refractivity contribution in [3.63, 3.8) is 0 Å². The first kappa shape index (κ1) is 34.4. The molecule has 1 nitrogen and oxygen atoms in total. The maximum Gasteiger partial charge on any atom is 0.136 e. The largest absolute Gasteiger partial charge is 0.299 e. The highest BCUT2D eigenvalue weighted by molar-refractivity contribution is 5.79. The third kappa shape index (κ3) is 17.1. The van der Waals surface area contributed by atoms with Gasteiger partial charge in [-0.15, -0.1) is 0 Å². The van der Waals surface area contributed by atoms with E-state index in [0.717, 1.165) is 12.8 Å². The fourth-order valence-electron chi connectivity index (χ4n) is 5.59. The van der Waals surface area contributed by atoms with Crippen LogP contribution in [-0.4, -0.2) is 5.78 Å². The van der Waals surface area contributed by atoms with E-state index in [1.165, 1.54) is 119 Å². The number of rotatable bonds is 21. The second-order valence-corrected chi connectivity index (χ2v) is 12.6. The van der Waals surface area contributed by atoms with Gasteiger partial charge in [0.25, 0.3) is 0 Å². The Hall–Kier alpha value is -1.63. The smallest absolute Gasteiger partial charge is 0.136 e. The van der Waals surface area contributed by atoms with Gasteiger partial charge in [0.15, 0.2) is 0 Å². The van der Waals surface area contributed by atoms with Crippen LogP contribution in [0.4, 0.5) is 0 Å². The van der Waals surface area contributed by atoms with E-state index in [9.17, 15) is 4.79 Å². The minimum atomic E-state index is 0.285. The number of carbonyl (C=O) groups excluding carboxylic acids is 1. The summed E-state index contributed by atoms with van der Waals surface area (Å²) in [6.07, 6.45) is 37.1. The van der Waals surface area contributed by atoms with Crippen molar-refractivity contribution in [2.75, 3.05) is 0 Å². The Balaban J connectivity index is 2.14. The van der Waals surface area contributed by atoms with Crippen molar-refractivity contribution >= 4 is 5.78 Å². The lowest BCUT2D eigenvalue weighted by atomic mass is 9.72. The summed E-state index contributed by atoms with van der Waals surface area (Å²) in [4.78, 5) is 12.3. The molecule has 0 aromatic heterocycles. The lowest BCUT2D eigenvalue weighted by molar-refractivity contribution is -0.118. The van der Waals surface area contributed by atoms with E-state index < -0.39 is 0 Å². The van der Waals surface area contributed by atoms with Crippen molar-refractivity contribution in [2.24, 2.45) is 5.41 Å². The molecule has 0 heterocycles. The maximum atomic E-state index is 12.3. The van der Waals surface area contributed by atoms with Crippen LogP contribution in [0.15, 0.2) is 58.7 Å². The Morgan fingerprint density at radius 2 is 1.34 bits per heavy atom. The van der Waals surface area contributed by atoms with Gasteiger partial charge in [-0.1, -0.05) is 157 Å². The Morgan fingerprint density at radius 1 is 0.789 bits per heavy atom. The second kappa shape index (κ2) is 21.2. The molecule has 1 rings (SSSR count). The van der Waals surface area contributed by atoms with Crippen LogP contribution in [0.25, 0.3) is 0 Å². The summed E-state index contributed by atoms with van der Waals surface area (Å²) < 4.78 is 0. The summed E-state index contributed by atoms with van der Waals surface area (Å²) >= 11 is 0. The van der Waals surface area contributed by atoms with Crippen LogP contribution in [0.2, 0.25) is 0 Å². The van der Waals surface area contributed by atoms with E-state index in [2.05, 4.69) is 78.0 Å². The molecular weight excluding hydrogens is 460 g/mol. The SMILES string of the molecule is CCCCCCCCCCCCCCCCC(=O)CC=C(C)C=CC=C(C)C=CC1=C(C)CCCC1(C)C. The van der Waals surface area contributed by atoms with Gasteiger partial charge < -0.3 is 0 Å². The van der Waals surface area contributed by atoms with Crippen molar-refractivity contribution in [3.8, 4) is 0 Å². The maximum absolute atomic E-state index is 12.3. The highest BCUT2D eigenvalue weighted by Crippen LogP contribution is 2.40. The van der Waals surface area contributed by atoms with E-state index >= 15 is 0 Å². The first-order chi connectivity index (χ1) is 18.3. The lowest BCUT2D eigenvalue weighted by Gasteiger charge is -2.32. The van der Waals surface area contributed by atoms with Gasteiger partial charge in [-0.3, -0.25) is 4.79 Å². The average molecular weight is 523 g/mol. The van der Waals surface area contributed by atoms with E-state index in [0.29, 0.717) is 12.2 Å². The fourth-order valence-corrected chi connectivity index (χ4v) is 5.59. The normalized spacial score (nSPS) is 16.8. The van der Waals surface area contributed by atoms with Crippen LogP contribution in [0.3, 0.4) is 0 Å². The molecule has 0 aromatic carbocycles. The van der Waals surface area contributed by atoms with E-state index in [4.69, 9.17) is 0 Å². The molecule has 0 bridgehead atoms. The average Bonchev–Trinajstić information content (AvgIpc) is 2.87. The first-order valence-electron chi connectivity index (χ1n) is 16.2. The molecule has 0 radical (unpaired) electrons. The lowest BCUT2D eigenvalue weighted by Crippen LogP contribution is -2.19. The minimum Gasteiger partial charge on any atom is -0.299 e. The molecule has 0 fully saturated rings. The van der Waals surface area contributed by atoms with Gasteiger partial charge in [-0.05, 0) is 57.4 Å². The van der Waals surface area contributed by atoms with Crippen LogP contribution in [0, 0.1) is 5.41 Å². The third-order valence-electron chi connectivity index (χ3n) is 8.23. The van der Waals surface area contributed by atoms with Crippen LogP contribution in [0.1, 0.15) is 164 Å². The Kier molecular flexibility index (Phi) is 19.2. The van der Waals surface area contributed by atoms with Gasteiger partial charge in [-0.25, -0.2) is 0 Å². The Labute approximate surface area is 238 Å². The number of hydrogen-bond acceptors (Lipinski definition) is 1. The summed E-state index contributed by atoms with van der Waals surface area (Å²) in [6, 6.07) is 0. The molecule has 0 N–H and O–H groups in total. The number of hydrogen-bond donors (Lipinski definition) is 0. The van der Waals surface area contributed by atoms with Gasteiger partial charge in [0.05, 0.1) is 0 Å². The number of carbonyl (C=O) groups is 1. The predicted octanol–water partition coefficient (Wildman–Crippen LogP) is 12.3. The minimum absolute atomic E-state index is 0.285. The highest BCUT2D eigenvalue weighted by atomic mass is 16.1. The number of unbranched alkanes of at least 4 members (excludes halogenated alkanes) is 13. The Morgan fingerprint density at radius 3 is 1.89 bits per heavy atom.